The number of phenolic OH excluding ortho intramolecular Hbond substituents is 1. The molecule has 11 heteroatoms. The van der Waals surface area contributed by atoms with Crippen molar-refractivity contribution in [2.75, 3.05) is 6.54 Å². The van der Waals surface area contributed by atoms with E-state index in [0.29, 0.717) is 22.2 Å². The second kappa shape index (κ2) is 8.85. The number of hydrogen-bond acceptors (Lipinski definition) is 5. The lowest BCUT2D eigenvalue weighted by atomic mass is 9.97. The molecule has 3 N–H and O–H groups in total. The number of carbonyl (C=O) groups is 3. The Bertz CT molecular complexity index is 1230. The third-order valence-corrected chi connectivity index (χ3v) is 5.01. The molecule has 0 bridgehead atoms. The van der Waals surface area contributed by atoms with Crippen molar-refractivity contribution in [3.63, 3.8) is 0 Å². The Kier molecular flexibility index (Phi) is 6.34. The van der Waals surface area contributed by atoms with Crippen molar-refractivity contribution in [2.24, 2.45) is 0 Å². The van der Waals surface area contributed by atoms with Gasteiger partial charge in [-0.2, -0.15) is 0 Å². The minimum absolute atomic E-state index is 0.0622. The Balaban J connectivity index is 2.05. The summed E-state index contributed by atoms with van der Waals surface area (Å²) >= 11 is 0. The van der Waals surface area contributed by atoms with Crippen LogP contribution in [0.15, 0.2) is 42.5 Å². The lowest BCUT2D eigenvalue weighted by Crippen LogP contribution is -2.32. The van der Waals surface area contributed by atoms with Crippen LogP contribution in [-0.2, 0) is 9.59 Å². The van der Waals surface area contributed by atoms with Gasteiger partial charge in [0.05, 0.1) is 11.4 Å². The molecule has 2 aromatic carbocycles. The Hall–Kier alpha value is -4.02. The van der Waals surface area contributed by atoms with Gasteiger partial charge in [0.25, 0.3) is 5.91 Å². The highest BCUT2D eigenvalue weighted by molar-refractivity contribution is 6.05. The molecule has 1 amide bonds. The Morgan fingerprint density at radius 2 is 1.76 bits per heavy atom. The molecule has 174 valence electrons. The number of carboxylic acids is 1. The molecule has 1 atom stereocenters. The first-order chi connectivity index (χ1) is 15.4. The first-order valence-corrected chi connectivity index (χ1v) is 9.63. The highest BCUT2D eigenvalue weighted by Gasteiger charge is 2.31. The Morgan fingerprint density at radius 3 is 2.33 bits per heavy atom. The first kappa shape index (κ1) is 23.6. The van der Waals surface area contributed by atoms with E-state index in [2.05, 4.69) is 10.1 Å². The van der Waals surface area contributed by atoms with E-state index in [9.17, 15) is 32.7 Å². The number of benzene rings is 2. The summed E-state index contributed by atoms with van der Waals surface area (Å²) in [5.74, 6) is -3.86. The average Bonchev–Trinajstić information content (AvgIpc) is 3.01. The standard InChI is InChI=1S/C22H19F3N2O6/c1-11(20(31)26-10-18(29)30)19-12(2)27(17-8-5-14(28)9-16(17)19)21(32)13-3-6-15(7-4-13)33-22(23,24)25/h3-9,11,28H,10H2,1-2H3,(H,26,31)(H,29,30). The number of ether oxygens (including phenoxy) is 1. The van der Waals surface area contributed by atoms with Crippen LogP contribution >= 0.6 is 0 Å². The van der Waals surface area contributed by atoms with Crippen LogP contribution in [0.4, 0.5) is 13.2 Å². The molecule has 0 radical (unpaired) electrons. The van der Waals surface area contributed by atoms with Gasteiger partial charge in [-0.1, -0.05) is 0 Å². The quantitative estimate of drug-likeness (QED) is 0.514. The molecule has 8 nitrogen and oxygen atoms in total. The van der Waals surface area contributed by atoms with Crippen LogP contribution in [-0.4, -0.2) is 45.5 Å². The third kappa shape index (κ3) is 5.08. The van der Waals surface area contributed by atoms with E-state index in [0.717, 1.165) is 12.1 Å². The predicted molar refractivity (Wildman–Crippen MR) is 110 cm³/mol. The molecule has 0 aliphatic rings. The molecule has 1 heterocycles. The van der Waals surface area contributed by atoms with Crippen LogP contribution in [0.3, 0.4) is 0 Å². The maximum Gasteiger partial charge on any atom is 0.573 e. The van der Waals surface area contributed by atoms with Crippen LogP contribution in [0.1, 0.15) is 34.5 Å². The van der Waals surface area contributed by atoms with Gasteiger partial charge in [-0.05, 0) is 61.9 Å². The molecule has 0 aliphatic carbocycles. The maximum absolute atomic E-state index is 13.2. The fraction of sp³-hybridized carbons (Fsp3) is 0.227. The lowest BCUT2D eigenvalue weighted by molar-refractivity contribution is -0.274. The maximum atomic E-state index is 13.2. The highest BCUT2D eigenvalue weighted by atomic mass is 19.4. The molecule has 1 aromatic heterocycles. The number of carbonyl (C=O) groups excluding carboxylic acids is 2. The first-order valence-electron chi connectivity index (χ1n) is 9.63. The molecule has 33 heavy (non-hydrogen) atoms. The van der Waals surface area contributed by atoms with Gasteiger partial charge in [0.15, 0.2) is 0 Å². The van der Waals surface area contributed by atoms with E-state index in [-0.39, 0.29) is 11.3 Å². The van der Waals surface area contributed by atoms with E-state index in [1.165, 1.54) is 41.8 Å². The van der Waals surface area contributed by atoms with E-state index < -0.39 is 42.4 Å². The van der Waals surface area contributed by atoms with Crippen LogP contribution in [0.2, 0.25) is 0 Å². The summed E-state index contributed by atoms with van der Waals surface area (Å²) in [6.45, 7) is 2.52. The molecule has 3 aromatic rings. The van der Waals surface area contributed by atoms with Gasteiger partial charge in [-0.25, -0.2) is 0 Å². The molecule has 0 saturated heterocycles. The summed E-state index contributed by atoms with van der Waals surface area (Å²) in [7, 11) is 0. The zero-order valence-electron chi connectivity index (χ0n) is 17.4. The highest BCUT2D eigenvalue weighted by Crippen LogP contribution is 2.35. The fourth-order valence-electron chi connectivity index (χ4n) is 3.61. The predicted octanol–water partition coefficient (Wildman–Crippen LogP) is 3.55. The number of amides is 1. The number of fused-ring (bicyclic) bond motifs is 1. The van der Waals surface area contributed by atoms with Gasteiger partial charge in [-0.15, -0.1) is 13.2 Å². The zero-order chi connectivity index (χ0) is 24.5. The van der Waals surface area contributed by atoms with Crippen LogP contribution in [0.5, 0.6) is 11.5 Å². The number of alkyl halides is 3. The number of rotatable bonds is 6. The largest absolute Gasteiger partial charge is 0.573 e. The minimum Gasteiger partial charge on any atom is -0.508 e. The van der Waals surface area contributed by atoms with Crippen molar-refractivity contribution >= 4 is 28.7 Å². The number of hydrogen-bond donors (Lipinski definition) is 3. The molecular formula is C22H19F3N2O6. The summed E-state index contributed by atoms with van der Waals surface area (Å²) in [6, 6.07) is 8.58. The number of nitrogens with one attached hydrogen (secondary N) is 1. The number of nitrogens with zero attached hydrogens (tertiary/aromatic N) is 1. The molecule has 0 spiro atoms. The number of halogens is 3. The van der Waals surface area contributed by atoms with Crippen molar-refractivity contribution in [3.05, 3.63) is 59.3 Å². The normalized spacial score (nSPS) is 12.4. The monoisotopic (exact) mass is 464 g/mol. The number of aliphatic carboxylic acids is 1. The van der Waals surface area contributed by atoms with Gasteiger partial charge in [0, 0.05) is 16.6 Å². The van der Waals surface area contributed by atoms with E-state index in [1.54, 1.807) is 6.92 Å². The summed E-state index contributed by atoms with van der Waals surface area (Å²) in [5, 5.41) is 21.4. The SMILES string of the molecule is Cc1c(C(C)C(=O)NCC(=O)O)c2cc(O)ccc2n1C(=O)c1ccc(OC(F)(F)F)cc1. The smallest absolute Gasteiger partial charge is 0.508 e. The molecule has 0 aliphatic heterocycles. The van der Waals surface area contributed by atoms with E-state index >= 15 is 0 Å². The summed E-state index contributed by atoms with van der Waals surface area (Å²) < 4.78 is 42.3. The third-order valence-electron chi connectivity index (χ3n) is 5.01. The van der Waals surface area contributed by atoms with Crippen molar-refractivity contribution < 1.29 is 42.5 Å². The van der Waals surface area contributed by atoms with Crippen molar-refractivity contribution in [2.45, 2.75) is 26.1 Å². The minimum atomic E-state index is -4.87. The second-order valence-corrected chi connectivity index (χ2v) is 7.25. The average molecular weight is 464 g/mol. The molecule has 1 unspecified atom stereocenters. The lowest BCUT2D eigenvalue weighted by Gasteiger charge is -2.13. The number of aromatic hydroxyl groups is 1. The van der Waals surface area contributed by atoms with E-state index in [1.807, 2.05) is 0 Å². The van der Waals surface area contributed by atoms with Crippen LogP contribution in [0.25, 0.3) is 10.9 Å². The number of phenols is 1. The Labute approximate surface area is 185 Å². The topological polar surface area (TPSA) is 118 Å². The van der Waals surface area contributed by atoms with Crippen LogP contribution in [0, 0.1) is 6.92 Å². The molecule has 0 saturated carbocycles. The molecule has 0 fully saturated rings. The summed E-state index contributed by atoms with van der Waals surface area (Å²) in [5.41, 5.74) is 1.18. The van der Waals surface area contributed by atoms with Gasteiger partial charge < -0.3 is 20.3 Å². The van der Waals surface area contributed by atoms with Gasteiger partial charge in [0.2, 0.25) is 5.91 Å². The summed E-state index contributed by atoms with van der Waals surface area (Å²) in [4.78, 5) is 36.5. The number of carboxylic acid groups (broad SMARTS) is 1. The van der Waals surface area contributed by atoms with Crippen LogP contribution < -0.4 is 10.1 Å². The molecular weight excluding hydrogens is 445 g/mol. The van der Waals surface area contributed by atoms with Crippen molar-refractivity contribution in [1.29, 1.82) is 0 Å². The fourth-order valence-corrected chi connectivity index (χ4v) is 3.61. The van der Waals surface area contributed by atoms with Gasteiger partial charge in [0.1, 0.15) is 18.0 Å². The van der Waals surface area contributed by atoms with Crippen molar-refractivity contribution in [3.8, 4) is 11.5 Å². The number of aromatic nitrogens is 1. The second-order valence-electron chi connectivity index (χ2n) is 7.25. The van der Waals surface area contributed by atoms with Crippen molar-refractivity contribution in [1.82, 2.24) is 9.88 Å². The molecule has 3 rings (SSSR count). The Morgan fingerprint density at radius 1 is 1.12 bits per heavy atom. The zero-order valence-corrected chi connectivity index (χ0v) is 17.4. The van der Waals surface area contributed by atoms with Gasteiger partial charge >= 0.3 is 12.3 Å². The van der Waals surface area contributed by atoms with E-state index in [4.69, 9.17) is 5.11 Å². The summed E-state index contributed by atoms with van der Waals surface area (Å²) in [6.07, 6.45) is -4.87. The van der Waals surface area contributed by atoms with Gasteiger partial charge in [-0.3, -0.25) is 19.0 Å².